The summed E-state index contributed by atoms with van der Waals surface area (Å²) in [4.78, 5) is 11.2. The first kappa shape index (κ1) is 12.4. The summed E-state index contributed by atoms with van der Waals surface area (Å²) < 4.78 is 6.09. The predicted octanol–water partition coefficient (Wildman–Crippen LogP) is 0.904. The molecule has 1 aromatic rings. The van der Waals surface area contributed by atoms with Crippen molar-refractivity contribution in [2.45, 2.75) is 18.9 Å². The van der Waals surface area contributed by atoms with Gasteiger partial charge in [-0.05, 0) is 32.0 Å². The SMILES string of the molecule is CN1CCC(Oc2ncccc2C2=NCCN2)CC1. The van der Waals surface area contributed by atoms with Crippen molar-refractivity contribution < 1.29 is 4.74 Å². The third-order valence-corrected chi connectivity index (χ3v) is 3.64. The second-order valence-electron chi connectivity index (χ2n) is 5.13. The lowest BCUT2D eigenvalue weighted by molar-refractivity contribution is 0.110. The van der Waals surface area contributed by atoms with Gasteiger partial charge in [-0.15, -0.1) is 0 Å². The number of nitrogens with zero attached hydrogens (tertiary/aromatic N) is 3. The van der Waals surface area contributed by atoms with Crippen LogP contribution in [0, 0.1) is 0 Å². The number of nitrogens with one attached hydrogen (secondary N) is 1. The lowest BCUT2D eigenvalue weighted by Crippen LogP contribution is -2.36. The summed E-state index contributed by atoms with van der Waals surface area (Å²) in [5, 5.41) is 3.28. The van der Waals surface area contributed by atoms with Gasteiger partial charge >= 0.3 is 0 Å². The van der Waals surface area contributed by atoms with Crippen LogP contribution in [0.3, 0.4) is 0 Å². The lowest BCUT2D eigenvalue weighted by Gasteiger charge is -2.29. The fraction of sp³-hybridized carbons (Fsp3) is 0.571. The Morgan fingerprint density at radius 2 is 2.21 bits per heavy atom. The van der Waals surface area contributed by atoms with Crippen molar-refractivity contribution in [1.29, 1.82) is 0 Å². The van der Waals surface area contributed by atoms with Crippen molar-refractivity contribution in [2.75, 3.05) is 33.2 Å². The molecule has 5 heteroatoms. The Bertz CT molecular complexity index is 466. The third kappa shape index (κ3) is 2.87. The number of piperidine rings is 1. The molecule has 0 radical (unpaired) electrons. The monoisotopic (exact) mass is 260 g/mol. The molecule has 0 atom stereocenters. The van der Waals surface area contributed by atoms with Crippen LogP contribution < -0.4 is 10.1 Å². The van der Waals surface area contributed by atoms with Crippen molar-refractivity contribution in [3.05, 3.63) is 23.9 Å². The quantitative estimate of drug-likeness (QED) is 0.877. The molecule has 0 saturated carbocycles. The van der Waals surface area contributed by atoms with Gasteiger partial charge in [0, 0.05) is 25.8 Å². The van der Waals surface area contributed by atoms with E-state index in [1.54, 1.807) is 6.20 Å². The number of aromatic nitrogens is 1. The first-order chi connectivity index (χ1) is 9.33. The molecule has 1 aromatic heterocycles. The van der Waals surface area contributed by atoms with E-state index in [-0.39, 0.29) is 6.10 Å². The number of hydrogen-bond donors (Lipinski definition) is 1. The van der Waals surface area contributed by atoms with Crippen LogP contribution in [0.25, 0.3) is 0 Å². The first-order valence-corrected chi connectivity index (χ1v) is 6.92. The Morgan fingerprint density at radius 1 is 1.37 bits per heavy atom. The average molecular weight is 260 g/mol. The summed E-state index contributed by atoms with van der Waals surface area (Å²) >= 11 is 0. The van der Waals surface area contributed by atoms with E-state index in [1.165, 1.54) is 0 Å². The Balaban J connectivity index is 1.73. The lowest BCUT2D eigenvalue weighted by atomic mass is 10.1. The standard InChI is InChI=1S/C14H20N4O/c1-18-9-4-11(5-10-18)19-14-12(3-2-6-17-14)13-15-7-8-16-13/h2-3,6,11H,4-5,7-10H2,1H3,(H,15,16). The highest BCUT2D eigenvalue weighted by Gasteiger charge is 2.21. The van der Waals surface area contributed by atoms with Crippen LogP contribution in [0.2, 0.25) is 0 Å². The number of amidine groups is 1. The maximum absolute atomic E-state index is 6.09. The van der Waals surface area contributed by atoms with Crippen LogP contribution in [0.4, 0.5) is 0 Å². The molecule has 3 heterocycles. The van der Waals surface area contributed by atoms with Crippen molar-refractivity contribution in [1.82, 2.24) is 15.2 Å². The van der Waals surface area contributed by atoms with Gasteiger partial charge in [-0.3, -0.25) is 4.99 Å². The molecule has 1 N–H and O–H groups in total. The van der Waals surface area contributed by atoms with Crippen molar-refractivity contribution >= 4 is 5.84 Å². The summed E-state index contributed by atoms with van der Waals surface area (Å²) in [5.41, 5.74) is 0.985. The van der Waals surface area contributed by atoms with E-state index in [0.717, 1.165) is 50.4 Å². The van der Waals surface area contributed by atoms with Gasteiger partial charge in [-0.1, -0.05) is 0 Å². The zero-order valence-electron chi connectivity index (χ0n) is 11.3. The van der Waals surface area contributed by atoms with Gasteiger partial charge in [-0.2, -0.15) is 0 Å². The zero-order chi connectivity index (χ0) is 13.1. The minimum atomic E-state index is 0.270. The van der Waals surface area contributed by atoms with Crippen LogP contribution in [-0.4, -0.2) is 55.1 Å². The minimum absolute atomic E-state index is 0.270. The zero-order valence-corrected chi connectivity index (χ0v) is 11.3. The van der Waals surface area contributed by atoms with Gasteiger partial charge in [0.25, 0.3) is 0 Å². The fourth-order valence-electron chi connectivity index (χ4n) is 2.50. The highest BCUT2D eigenvalue weighted by atomic mass is 16.5. The Hall–Kier alpha value is -1.62. The van der Waals surface area contributed by atoms with E-state index in [9.17, 15) is 0 Å². The Kier molecular flexibility index (Phi) is 3.64. The number of likely N-dealkylation sites (tertiary alicyclic amines) is 1. The van der Waals surface area contributed by atoms with Gasteiger partial charge < -0.3 is 15.0 Å². The molecule has 1 fully saturated rings. The molecule has 19 heavy (non-hydrogen) atoms. The molecule has 5 nitrogen and oxygen atoms in total. The number of hydrogen-bond acceptors (Lipinski definition) is 5. The van der Waals surface area contributed by atoms with Crippen LogP contribution in [0.15, 0.2) is 23.3 Å². The molecule has 0 bridgehead atoms. The first-order valence-electron chi connectivity index (χ1n) is 6.92. The number of ether oxygens (including phenoxy) is 1. The van der Waals surface area contributed by atoms with Gasteiger partial charge in [0.1, 0.15) is 11.9 Å². The molecular weight excluding hydrogens is 240 g/mol. The maximum atomic E-state index is 6.09. The maximum Gasteiger partial charge on any atom is 0.224 e. The van der Waals surface area contributed by atoms with Crippen molar-refractivity contribution in [3.63, 3.8) is 0 Å². The molecule has 0 aliphatic carbocycles. The molecule has 1 saturated heterocycles. The number of aliphatic imine (C=N–C) groups is 1. The van der Waals surface area contributed by atoms with Gasteiger partial charge in [0.15, 0.2) is 0 Å². The van der Waals surface area contributed by atoms with Crippen LogP contribution in [-0.2, 0) is 0 Å². The van der Waals surface area contributed by atoms with Crippen LogP contribution in [0.1, 0.15) is 18.4 Å². The van der Waals surface area contributed by atoms with E-state index in [4.69, 9.17) is 4.74 Å². The topological polar surface area (TPSA) is 49.8 Å². The Morgan fingerprint density at radius 3 is 2.95 bits per heavy atom. The highest BCUT2D eigenvalue weighted by molar-refractivity contribution is 6.01. The fourth-order valence-corrected chi connectivity index (χ4v) is 2.50. The van der Waals surface area contributed by atoms with E-state index in [0.29, 0.717) is 5.88 Å². The van der Waals surface area contributed by atoms with Crippen LogP contribution >= 0.6 is 0 Å². The molecular formula is C14H20N4O. The normalized spacial score (nSPS) is 21.0. The summed E-state index contributed by atoms with van der Waals surface area (Å²) in [6.07, 6.45) is 4.18. The third-order valence-electron chi connectivity index (χ3n) is 3.64. The minimum Gasteiger partial charge on any atom is -0.474 e. The van der Waals surface area contributed by atoms with Gasteiger partial charge in [0.05, 0.1) is 12.1 Å². The number of rotatable bonds is 3. The second kappa shape index (κ2) is 5.57. The molecule has 2 aliphatic heterocycles. The van der Waals surface area contributed by atoms with Gasteiger partial charge in [0.2, 0.25) is 5.88 Å². The molecule has 0 unspecified atom stereocenters. The summed E-state index contributed by atoms with van der Waals surface area (Å²) in [5.74, 6) is 1.63. The van der Waals surface area contributed by atoms with Crippen LogP contribution in [0.5, 0.6) is 5.88 Å². The predicted molar refractivity (Wildman–Crippen MR) is 74.8 cm³/mol. The smallest absolute Gasteiger partial charge is 0.224 e. The largest absolute Gasteiger partial charge is 0.474 e. The Labute approximate surface area is 113 Å². The summed E-state index contributed by atoms with van der Waals surface area (Å²) in [6, 6.07) is 3.95. The molecule has 102 valence electrons. The molecule has 0 aromatic carbocycles. The van der Waals surface area contributed by atoms with Crippen molar-refractivity contribution in [3.8, 4) is 5.88 Å². The molecule has 0 amide bonds. The molecule has 3 rings (SSSR count). The van der Waals surface area contributed by atoms with E-state index < -0.39 is 0 Å². The van der Waals surface area contributed by atoms with E-state index in [2.05, 4.69) is 27.2 Å². The summed E-state index contributed by atoms with van der Waals surface area (Å²) in [7, 11) is 2.15. The van der Waals surface area contributed by atoms with Gasteiger partial charge in [-0.25, -0.2) is 4.98 Å². The highest BCUT2D eigenvalue weighted by Crippen LogP contribution is 2.21. The van der Waals surface area contributed by atoms with Crippen molar-refractivity contribution in [2.24, 2.45) is 4.99 Å². The average Bonchev–Trinajstić information content (AvgIpc) is 2.96. The number of pyridine rings is 1. The molecule has 0 spiro atoms. The second-order valence-corrected chi connectivity index (χ2v) is 5.13. The van der Waals surface area contributed by atoms with E-state index in [1.807, 2.05) is 12.1 Å². The summed E-state index contributed by atoms with van der Waals surface area (Å²) in [6.45, 7) is 3.91. The van der Waals surface area contributed by atoms with E-state index >= 15 is 0 Å². The molecule has 2 aliphatic rings.